The molecule has 1 amide bonds. The monoisotopic (exact) mass is 314 g/mol. The number of rotatable bonds is 7. The maximum absolute atomic E-state index is 12.0. The van der Waals surface area contributed by atoms with Crippen molar-refractivity contribution < 1.29 is 9.53 Å². The van der Waals surface area contributed by atoms with E-state index in [0.717, 1.165) is 17.9 Å². The Balaban J connectivity index is 1.94. The van der Waals surface area contributed by atoms with Gasteiger partial charge in [-0.25, -0.2) is 9.97 Å². The first kappa shape index (κ1) is 16.7. The molecule has 0 bridgehead atoms. The van der Waals surface area contributed by atoms with Crippen molar-refractivity contribution in [1.82, 2.24) is 15.3 Å². The molecular formula is C17H22N4O2. The van der Waals surface area contributed by atoms with Crippen LogP contribution < -0.4 is 15.4 Å². The Morgan fingerprint density at radius 2 is 2.00 bits per heavy atom. The minimum Gasteiger partial charge on any atom is -0.497 e. The number of aromatic nitrogens is 2. The Morgan fingerprint density at radius 3 is 2.65 bits per heavy atom. The van der Waals surface area contributed by atoms with E-state index < -0.39 is 0 Å². The first-order chi connectivity index (χ1) is 11.1. The number of anilines is 2. The first-order valence-electron chi connectivity index (χ1n) is 7.60. The highest BCUT2D eigenvalue weighted by Crippen LogP contribution is 2.19. The van der Waals surface area contributed by atoms with E-state index in [2.05, 4.69) is 34.4 Å². The number of methoxy groups -OCH3 is 1. The molecule has 1 aromatic heterocycles. The van der Waals surface area contributed by atoms with E-state index in [1.807, 2.05) is 24.3 Å². The topological polar surface area (TPSA) is 76.1 Å². The lowest BCUT2D eigenvalue weighted by atomic mass is 10.1. The van der Waals surface area contributed by atoms with Crippen LogP contribution in [-0.4, -0.2) is 29.5 Å². The fourth-order valence-corrected chi connectivity index (χ4v) is 1.92. The van der Waals surface area contributed by atoms with Gasteiger partial charge in [-0.3, -0.25) is 4.79 Å². The van der Waals surface area contributed by atoms with Crippen molar-refractivity contribution in [3.05, 3.63) is 42.2 Å². The molecule has 0 fully saturated rings. The molecule has 2 rings (SSSR count). The molecular weight excluding hydrogens is 292 g/mol. The number of carbonyl (C=O) groups is 1. The Labute approximate surface area is 136 Å². The van der Waals surface area contributed by atoms with Crippen molar-refractivity contribution in [2.75, 3.05) is 19.0 Å². The smallest absolute Gasteiger partial charge is 0.254 e. The van der Waals surface area contributed by atoms with Crippen LogP contribution in [0.1, 0.15) is 30.6 Å². The summed E-state index contributed by atoms with van der Waals surface area (Å²) < 4.78 is 5.16. The molecule has 1 aromatic carbocycles. The van der Waals surface area contributed by atoms with Crippen molar-refractivity contribution in [2.24, 2.45) is 5.92 Å². The highest BCUT2D eigenvalue weighted by molar-refractivity contribution is 5.93. The summed E-state index contributed by atoms with van der Waals surface area (Å²) in [5, 5.41) is 5.93. The number of nitrogens with one attached hydrogen (secondary N) is 2. The van der Waals surface area contributed by atoms with Gasteiger partial charge in [0.2, 0.25) is 5.95 Å². The average molecular weight is 314 g/mol. The van der Waals surface area contributed by atoms with Crippen molar-refractivity contribution in [3.63, 3.8) is 0 Å². The van der Waals surface area contributed by atoms with E-state index in [1.54, 1.807) is 7.11 Å². The summed E-state index contributed by atoms with van der Waals surface area (Å²) >= 11 is 0. The van der Waals surface area contributed by atoms with Gasteiger partial charge in [0.05, 0.1) is 12.7 Å². The summed E-state index contributed by atoms with van der Waals surface area (Å²) in [6.45, 7) is 4.89. The number of benzene rings is 1. The Kier molecular flexibility index (Phi) is 5.91. The largest absolute Gasteiger partial charge is 0.497 e. The van der Waals surface area contributed by atoms with E-state index in [4.69, 9.17) is 4.74 Å². The minimum atomic E-state index is -0.154. The van der Waals surface area contributed by atoms with Gasteiger partial charge in [0.15, 0.2) is 0 Å². The lowest BCUT2D eigenvalue weighted by Gasteiger charge is -2.08. The summed E-state index contributed by atoms with van der Waals surface area (Å²) in [5.74, 6) is 1.58. The third-order valence-electron chi connectivity index (χ3n) is 3.25. The molecule has 0 spiro atoms. The molecule has 6 heteroatoms. The van der Waals surface area contributed by atoms with Crippen LogP contribution in [0.3, 0.4) is 0 Å². The normalized spacial score (nSPS) is 10.4. The molecule has 2 aromatic rings. The predicted octanol–water partition coefficient (Wildman–Crippen LogP) is 3.00. The second-order valence-electron chi connectivity index (χ2n) is 5.59. The zero-order valence-corrected chi connectivity index (χ0v) is 13.7. The molecule has 0 unspecified atom stereocenters. The van der Waals surface area contributed by atoms with Gasteiger partial charge >= 0.3 is 0 Å². The fraction of sp³-hybridized carbons (Fsp3) is 0.353. The molecule has 2 N–H and O–H groups in total. The lowest BCUT2D eigenvalue weighted by molar-refractivity contribution is 0.0951. The van der Waals surface area contributed by atoms with Gasteiger partial charge in [0.25, 0.3) is 5.91 Å². The van der Waals surface area contributed by atoms with Gasteiger partial charge in [0, 0.05) is 30.7 Å². The summed E-state index contributed by atoms with van der Waals surface area (Å²) in [6.07, 6.45) is 3.97. The van der Waals surface area contributed by atoms with Crippen LogP contribution in [0, 0.1) is 5.92 Å². The van der Waals surface area contributed by atoms with Crippen LogP contribution in [0.25, 0.3) is 0 Å². The number of hydrogen-bond donors (Lipinski definition) is 2. The molecule has 0 atom stereocenters. The van der Waals surface area contributed by atoms with Gasteiger partial charge in [-0.15, -0.1) is 0 Å². The Bertz CT molecular complexity index is 641. The van der Waals surface area contributed by atoms with Crippen LogP contribution >= 0.6 is 0 Å². The van der Waals surface area contributed by atoms with Crippen molar-refractivity contribution in [1.29, 1.82) is 0 Å². The fourth-order valence-electron chi connectivity index (χ4n) is 1.92. The molecule has 0 aliphatic heterocycles. The van der Waals surface area contributed by atoms with Crippen LogP contribution in [0.15, 0.2) is 36.7 Å². The van der Waals surface area contributed by atoms with Crippen molar-refractivity contribution in [2.45, 2.75) is 20.3 Å². The van der Waals surface area contributed by atoms with Crippen molar-refractivity contribution >= 4 is 17.5 Å². The van der Waals surface area contributed by atoms with Crippen molar-refractivity contribution in [3.8, 4) is 5.75 Å². The predicted molar refractivity (Wildman–Crippen MR) is 90.1 cm³/mol. The maximum Gasteiger partial charge on any atom is 0.254 e. The molecule has 0 saturated heterocycles. The Hall–Kier alpha value is -2.63. The zero-order valence-electron chi connectivity index (χ0n) is 13.7. The number of amides is 1. The van der Waals surface area contributed by atoms with Crippen LogP contribution in [0.5, 0.6) is 5.75 Å². The van der Waals surface area contributed by atoms with E-state index in [1.165, 1.54) is 12.4 Å². The van der Waals surface area contributed by atoms with Gasteiger partial charge in [-0.05, 0) is 24.5 Å². The van der Waals surface area contributed by atoms with Crippen LogP contribution in [0.2, 0.25) is 0 Å². The molecule has 0 aliphatic rings. The minimum absolute atomic E-state index is 0.154. The molecule has 0 aliphatic carbocycles. The summed E-state index contributed by atoms with van der Waals surface area (Å²) in [6, 6.07) is 7.46. The van der Waals surface area contributed by atoms with Gasteiger partial charge < -0.3 is 15.4 Å². The maximum atomic E-state index is 12.0. The first-order valence-corrected chi connectivity index (χ1v) is 7.60. The van der Waals surface area contributed by atoms with Gasteiger partial charge in [-0.1, -0.05) is 19.9 Å². The second-order valence-corrected chi connectivity index (χ2v) is 5.59. The summed E-state index contributed by atoms with van der Waals surface area (Å²) in [5.41, 5.74) is 1.27. The lowest BCUT2D eigenvalue weighted by Crippen LogP contribution is -2.25. The summed E-state index contributed by atoms with van der Waals surface area (Å²) in [7, 11) is 1.61. The van der Waals surface area contributed by atoms with E-state index in [9.17, 15) is 4.79 Å². The van der Waals surface area contributed by atoms with E-state index >= 15 is 0 Å². The number of hydrogen-bond acceptors (Lipinski definition) is 5. The van der Waals surface area contributed by atoms with Gasteiger partial charge in [0.1, 0.15) is 5.75 Å². The molecule has 23 heavy (non-hydrogen) atoms. The Morgan fingerprint density at radius 1 is 1.26 bits per heavy atom. The number of carbonyl (C=O) groups excluding carboxylic acids is 1. The third-order valence-corrected chi connectivity index (χ3v) is 3.25. The highest BCUT2D eigenvalue weighted by Gasteiger charge is 2.07. The number of nitrogens with zero attached hydrogens (tertiary/aromatic N) is 2. The van der Waals surface area contributed by atoms with Gasteiger partial charge in [-0.2, -0.15) is 0 Å². The number of ether oxygens (including phenoxy) is 1. The highest BCUT2D eigenvalue weighted by atomic mass is 16.5. The molecule has 122 valence electrons. The standard InChI is InChI=1S/C17H22N4O2/c1-12(2)7-8-18-16(22)13-10-19-17(20-11-13)21-14-5-4-6-15(9-14)23-3/h4-6,9-12H,7-8H2,1-3H3,(H,18,22)(H,19,20,21). The molecule has 0 saturated carbocycles. The van der Waals surface area contributed by atoms with Crippen LogP contribution in [0.4, 0.5) is 11.6 Å². The van der Waals surface area contributed by atoms with E-state index in [0.29, 0.717) is 24.0 Å². The third kappa shape index (κ3) is 5.25. The summed E-state index contributed by atoms with van der Waals surface area (Å²) in [4.78, 5) is 20.3. The average Bonchev–Trinajstić information content (AvgIpc) is 2.55. The van der Waals surface area contributed by atoms with Crippen LogP contribution in [-0.2, 0) is 0 Å². The second kappa shape index (κ2) is 8.12. The zero-order chi connectivity index (χ0) is 16.7. The SMILES string of the molecule is COc1cccc(Nc2ncc(C(=O)NCCC(C)C)cn2)c1. The quantitative estimate of drug-likeness (QED) is 0.821. The molecule has 0 radical (unpaired) electrons. The molecule has 1 heterocycles. The molecule has 6 nitrogen and oxygen atoms in total. The van der Waals surface area contributed by atoms with E-state index in [-0.39, 0.29) is 5.91 Å².